The number of sulfonamides is 1. The first-order valence-electron chi connectivity index (χ1n) is 8.62. The van der Waals surface area contributed by atoms with Crippen LogP contribution in [0.5, 0.6) is 5.75 Å². The number of nitrogens with one attached hydrogen (secondary N) is 2. The third-order valence-electron chi connectivity index (χ3n) is 4.13. The number of hydrogen-bond donors (Lipinski definition) is 2. The second-order valence-electron chi connectivity index (χ2n) is 6.04. The Balaban J connectivity index is 1.74. The van der Waals surface area contributed by atoms with Crippen molar-refractivity contribution in [2.75, 3.05) is 7.11 Å². The molecule has 2 N–H and O–H groups in total. The molecule has 0 aliphatic carbocycles. The van der Waals surface area contributed by atoms with E-state index in [1.165, 1.54) is 24.5 Å². The maximum absolute atomic E-state index is 12.6. The van der Waals surface area contributed by atoms with Crippen molar-refractivity contribution in [2.45, 2.75) is 18.0 Å². The van der Waals surface area contributed by atoms with Gasteiger partial charge in [0.25, 0.3) is 5.91 Å². The molecule has 0 aliphatic heterocycles. The van der Waals surface area contributed by atoms with E-state index in [1.807, 2.05) is 18.2 Å². The van der Waals surface area contributed by atoms with Gasteiger partial charge in [-0.05, 0) is 36.4 Å². The lowest BCUT2D eigenvalue weighted by Gasteiger charge is -2.11. The molecular formula is C20H19ClN2O5S. The Labute approximate surface area is 173 Å². The summed E-state index contributed by atoms with van der Waals surface area (Å²) in [7, 11) is -2.39. The zero-order chi connectivity index (χ0) is 20.9. The predicted molar refractivity (Wildman–Crippen MR) is 108 cm³/mol. The van der Waals surface area contributed by atoms with Gasteiger partial charge in [-0.25, -0.2) is 13.1 Å². The standard InChI is InChI=1S/C20H19ClN2O5S/c1-27-18-7-3-2-5-15(18)12-22-20(24)14-8-9-17(21)19(11-14)29(25,26)23-13-16-6-4-10-28-16/h2-11,23H,12-13H2,1H3,(H,22,24). The molecule has 3 rings (SSSR count). The monoisotopic (exact) mass is 434 g/mol. The molecule has 0 saturated carbocycles. The van der Waals surface area contributed by atoms with E-state index in [-0.39, 0.29) is 28.6 Å². The summed E-state index contributed by atoms with van der Waals surface area (Å²) in [5.74, 6) is 0.666. The van der Waals surface area contributed by atoms with Gasteiger partial charge in [0.1, 0.15) is 16.4 Å². The lowest BCUT2D eigenvalue weighted by molar-refractivity contribution is 0.0950. The molecule has 0 fully saturated rings. The zero-order valence-electron chi connectivity index (χ0n) is 15.5. The van der Waals surface area contributed by atoms with Crippen LogP contribution < -0.4 is 14.8 Å². The number of benzene rings is 2. The summed E-state index contributed by atoms with van der Waals surface area (Å²) < 4.78 is 38.0. The number of carbonyl (C=O) groups excluding carboxylic acids is 1. The first-order valence-corrected chi connectivity index (χ1v) is 10.5. The Bertz CT molecular complexity index is 1100. The molecule has 7 nitrogen and oxygen atoms in total. The van der Waals surface area contributed by atoms with Crippen LogP contribution in [0.2, 0.25) is 5.02 Å². The SMILES string of the molecule is COc1ccccc1CNC(=O)c1ccc(Cl)c(S(=O)(=O)NCc2ccco2)c1. The highest BCUT2D eigenvalue weighted by Crippen LogP contribution is 2.23. The maximum Gasteiger partial charge on any atom is 0.251 e. The van der Waals surface area contributed by atoms with Crippen molar-refractivity contribution in [1.29, 1.82) is 0 Å². The van der Waals surface area contributed by atoms with E-state index in [4.69, 9.17) is 20.8 Å². The zero-order valence-corrected chi connectivity index (χ0v) is 17.1. The molecule has 0 atom stereocenters. The summed E-state index contributed by atoms with van der Waals surface area (Å²) in [5.41, 5.74) is 0.966. The minimum atomic E-state index is -3.94. The van der Waals surface area contributed by atoms with Gasteiger partial charge < -0.3 is 14.5 Å². The molecule has 0 unspecified atom stereocenters. The van der Waals surface area contributed by atoms with Gasteiger partial charge >= 0.3 is 0 Å². The highest BCUT2D eigenvalue weighted by atomic mass is 35.5. The van der Waals surface area contributed by atoms with Gasteiger partial charge in [0.2, 0.25) is 10.0 Å². The van der Waals surface area contributed by atoms with Crippen LogP contribution in [0.25, 0.3) is 0 Å². The number of amides is 1. The Hall–Kier alpha value is -2.81. The van der Waals surface area contributed by atoms with Gasteiger partial charge in [-0.3, -0.25) is 4.79 Å². The highest BCUT2D eigenvalue weighted by Gasteiger charge is 2.20. The van der Waals surface area contributed by atoms with E-state index in [0.717, 1.165) is 5.56 Å². The van der Waals surface area contributed by atoms with Gasteiger partial charge in [-0.15, -0.1) is 0 Å². The van der Waals surface area contributed by atoms with Crippen molar-refractivity contribution in [3.05, 3.63) is 82.8 Å². The summed E-state index contributed by atoms with van der Waals surface area (Å²) >= 11 is 6.07. The third kappa shape index (κ3) is 5.17. The highest BCUT2D eigenvalue weighted by molar-refractivity contribution is 7.89. The van der Waals surface area contributed by atoms with E-state index in [9.17, 15) is 13.2 Å². The molecule has 152 valence electrons. The fraction of sp³-hybridized carbons (Fsp3) is 0.150. The Morgan fingerprint density at radius 2 is 1.90 bits per heavy atom. The van der Waals surface area contributed by atoms with E-state index < -0.39 is 15.9 Å². The van der Waals surface area contributed by atoms with Gasteiger partial charge in [-0.1, -0.05) is 29.8 Å². The second-order valence-corrected chi connectivity index (χ2v) is 8.19. The Morgan fingerprint density at radius 3 is 2.62 bits per heavy atom. The summed E-state index contributed by atoms with van der Waals surface area (Å²) in [6.07, 6.45) is 1.45. The van der Waals surface area contributed by atoms with Crippen molar-refractivity contribution in [2.24, 2.45) is 0 Å². The largest absolute Gasteiger partial charge is 0.496 e. The molecule has 1 aromatic heterocycles. The van der Waals surface area contributed by atoms with Gasteiger partial charge in [0.05, 0.1) is 24.9 Å². The van der Waals surface area contributed by atoms with Crippen LogP contribution in [0.3, 0.4) is 0 Å². The molecule has 1 amide bonds. The van der Waals surface area contributed by atoms with Crippen LogP contribution in [-0.2, 0) is 23.1 Å². The summed E-state index contributed by atoms with van der Waals surface area (Å²) in [6.45, 7) is 0.195. The summed E-state index contributed by atoms with van der Waals surface area (Å²) in [6, 6.07) is 14.7. The number of ether oxygens (including phenoxy) is 1. The number of rotatable bonds is 8. The van der Waals surface area contributed by atoms with Crippen LogP contribution in [-0.4, -0.2) is 21.4 Å². The first kappa shape index (κ1) is 20.9. The number of halogens is 1. The van der Waals surface area contributed by atoms with Crippen molar-refractivity contribution in [1.82, 2.24) is 10.0 Å². The number of furan rings is 1. The second kappa shape index (κ2) is 9.13. The first-order chi connectivity index (χ1) is 13.9. The number of hydrogen-bond acceptors (Lipinski definition) is 5. The van der Waals surface area contributed by atoms with E-state index in [2.05, 4.69) is 10.0 Å². The van der Waals surface area contributed by atoms with Crippen LogP contribution in [0, 0.1) is 0 Å². The van der Waals surface area contributed by atoms with Crippen molar-refractivity contribution < 1.29 is 22.4 Å². The Kier molecular flexibility index (Phi) is 6.58. The average molecular weight is 435 g/mol. The molecule has 0 radical (unpaired) electrons. The van der Waals surface area contributed by atoms with E-state index in [1.54, 1.807) is 25.3 Å². The topological polar surface area (TPSA) is 97.6 Å². The van der Waals surface area contributed by atoms with Gasteiger partial charge in [-0.2, -0.15) is 0 Å². The van der Waals surface area contributed by atoms with Crippen LogP contribution in [0.15, 0.2) is 70.2 Å². The summed E-state index contributed by atoms with van der Waals surface area (Å²) in [5, 5.41) is 2.76. The average Bonchev–Trinajstić information content (AvgIpc) is 3.25. The van der Waals surface area contributed by atoms with Crippen molar-refractivity contribution in [3.63, 3.8) is 0 Å². The quantitative estimate of drug-likeness (QED) is 0.566. The predicted octanol–water partition coefficient (Wildman–Crippen LogP) is 3.35. The van der Waals surface area contributed by atoms with Gasteiger partial charge in [0.15, 0.2) is 0 Å². The molecule has 0 aliphatic rings. The maximum atomic E-state index is 12.6. The molecule has 29 heavy (non-hydrogen) atoms. The van der Waals surface area contributed by atoms with E-state index >= 15 is 0 Å². The normalized spacial score (nSPS) is 11.2. The lowest BCUT2D eigenvalue weighted by Crippen LogP contribution is -2.25. The van der Waals surface area contributed by atoms with Crippen LogP contribution in [0.1, 0.15) is 21.7 Å². The number of carbonyl (C=O) groups is 1. The molecule has 0 saturated heterocycles. The minimum Gasteiger partial charge on any atom is -0.496 e. The van der Waals surface area contributed by atoms with Crippen molar-refractivity contribution >= 4 is 27.5 Å². The minimum absolute atomic E-state index is 0.0122. The van der Waals surface area contributed by atoms with Gasteiger partial charge in [0, 0.05) is 17.7 Å². The lowest BCUT2D eigenvalue weighted by atomic mass is 10.1. The molecular weight excluding hydrogens is 416 g/mol. The fourth-order valence-electron chi connectivity index (χ4n) is 2.63. The fourth-order valence-corrected chi connectivity index (χ4v) is 4.15. The van der Waals surface area contributed by atoms with Crippen molar-refractivity contribution in [3.8, 4) is 5.75 Å². The molecule has 1 heterocycles. The van der Waals surface area contributed by atoms with Crippen LogP contribution in [0.4, 0.5) is 0 Å². The smallest absolute Gasteiger partial charge is 0.251 e. The molecule has 9 heteroatoms. The molecule has 0 bridgehead atoms. The Morgan fingerprint density at radius 1 is 1.10 bits per heavy atom. The third-order valence-corrected chi connectivity index (χ3v) is 6.01. The van der Waals surface area contributed by atoms with E-state index in [0.29, 0.717) is 11.5 Å². The number of methoxy groups -OCH3 is 1. The number of para-hydroxylation sites is 1. The summed E-state index contributed by atoms with van der Waals surface area (Å²) in [4.78, 5) is 12.3. The molecule has 2 aromatic carbocycles. The van der Waals surface area contributed by atoms with Crippen LogP contribution >= 0.6 is 11.6 Å². The molecule has 0 spiro atoms. The molecule has 3 aromatic rings.